The molecule has 0 radical (unpaired) electrons. The third kappa shape index (κ3) is 3.05. The highest BCUT2D eigenvalue weighted by molar-refractivity contribution is 5.81. The zero-order valence-corrected chi connectivity index (χ0v) is 13.4. The van der Waals surface area contributed by atoms with Crippen LogP contribution in [0.1, 0.15) is 38.7 Å². The summed E-state index contributed by atoms with van der Waals surface area (Å²) in [5, 5.41) is 0. The van der Waals surface area contributed by atoms with Crippen LogP contribution in [-0.4, -0.2) is 37.6 Å². The molecule has 4 nitrogen and oxygen atoms in total. The van der Waals surface area contributed by atoms with Gasteiger partial charge in [-0.2, -0.15) is 0 Å². The van der Waals surface area contributed by atoms with Crippen molar-refractivity contribution in [1.82, 2.24) is 4.90 Å². The molecule has 1 aromatic carbocycles. The van der Waals surface area contributed by atoms with E-state index < -0.39 is 5.60 Å². The van der Waals surface area contributed by atoms with Gasteiger partial charge in [-0.05, 0) is 30.5 Å². The van der Waals surface area contributed by atoms with E-state index in [-0.39, 0.29) is 12.0 Å². The van der Waals surface area contributed by atoms with Crippen molar-refractivity contribution in [3.05, 3.63) is 29.8 Å². The molecule has 1 aromatic rings. The number of carbonyl (C=O) groups excluding carboxylic acids is 1. The van der Waals surface area contributed by atoms with Crippen molar-refractivity contribution in [3.63, 3.8) is 0 Å². The third-order valence-electron chi connectivity index (χ3n) is 4.23. The average molecular weight is 291 g/mol. The highest BCUT2D eigenvalue weighted by Gasteiger charge is 2.43. The fraction of sp³-hybridized carbons (Fsp3) is 0.588. The molecule has 116 valence electrons. The number of likely N-dealkylation sites (N-methyl/N-ethyl adjacent to an activating group) is 1. The van der Waals surface area contributed by atoms with Crippen molar-refractivity contribution in [2.24, 2.45) is 0 Å². The molecule has 1 aliphatic rings. The van der Waals surface area contributed by atoms with Crippen LogP contribution >= 0.6 is 0 Å². The first-order valence-corrected chi connectivity index (χ1v) is 7.63. The monoisotopic (exact) mass is 291 g/mol. The van der Waals surface area contributed by atoms with Gasteiger partial charge in [0, 0.05) is 7.05 Å². The van der Waals surface area contributed by atoms with Crippen molar-refractivity contribution >= 4 is 5.91 Å². The molecule has 2 rings (SSSR count). The molecule has 2 unspecified atom stereocenters. The van der Waals surface area contributed by atoms with Crippen LogP contribution < -0.4 is 4.74 Å². The Balaban J connectivity index is 2.37. The zero-order valence-electron chi connectivity index (χ0n) is 13.4. The number of hydrogen-bond donors (Lipinski definition) is 0. The van der Waals surface area contributed by atoms with E-state index in [0.717, 1.165) is 30.6 Å². The van der Waals surface area contributed by atoms with Crippen LogP contribution in [0.25, 0.3) is 0 Å². The Bertz CT molecular complexity index is 503. The van der Waals surface area contributed by atoms with Crippen LogP contribution in [0.3, 0.4) is 0 Å². The number of benzene rings is 1. The Morgan fingerprint density at radius 1 is 1.43 bits per heavy atom. The Morgan fingerprint density at radius 3 is 2.81 bits per heavy atom. The Kier molecular flexibility index (Phi) is 4.88. The SMILES string of the molecule is CCCC1OC(CC)(c2cccc(OC)c2)CN(C)C1=O. The molecular weight excluding hydrogens is 266 g/mol. The molecule has 4 heteroatoms. The largest absolute Gasteiger partial charge is 0.497 e. The summed E-state index contributed by atoms with van der Waals surface area (Å²) in [5.41, 5.74) is 0.627. The second-order valence-electron chi connectivity index (χ2n) is 5.67. The van der Waals surface area contributed by atoms with E-state index in [0.29, 0.717) is 6.54 Å². The number of nitrogens with zero attached hydrogens (tertiary/aromatic N) is 1. The van der Waals surface area contributed by atoms with Gasteiger partial charge in [-0.15, -0.1) is 0 Å². The van der Waals surface area contributed by atoms with Gasteiger partial charge in [0.05, 0.1) is 13.7 Å². The van der Waals surface area contributed by atoms with Gasteiger partial charge in [-0.3, -0.25) is 4.79 Å². The molecule has 21 heavy (non-hydrogen) atoms. The summed E-state index contributed by atoms with van der Waals surface area (Å²) in [4.78, 5) is 14.0. The molecule has 1 saturated heterocycles. The topological polar surface area (TPSA) is 38.8 Å². The molecular formula is C17H25NO3. The Morgan fingerprint density at radius 2 is 2.19 bits per heavy atom. The van der Waals surface area contributed by atoms with Crippen molar-refractivity contribution < 1.29 is 14.3 Å². The van der Waals surface area contributed by atoms with Crippen LogP contribution in [0.5, 0.6) is 5.75 Å². The first-order valence-electron chi connectivity index (χ1n) is 7.63. The number of carbonyl (C=O) groups is 1. The molecule has 0 bridgehead atoms. The molecule has 0 saturated carbocycles. The molecule has 1 fully saturated rings. The van der Waals surface area contributed by atoms with E-state index in [9.17, 15) is 4.79 Å². The lowest BCUT2D eigenvalue weighted by atomic mass is 9.87. The van der Waals surface area contributed by atoms with E-state index in [1.165, 1.54) is 0 Å². The van der Waals surface area contributed by atoms with E-state index in [2.05, 4.69) is 19.9 Å². The van der Waals surface area contributed by atoms with Gasteiger partial charge in [0.15, 0.2) is 0 Å². The van der Waals surface area contributed by atoms with Gasteiger partial charge in [-0.1, -0.05) is 32.4 Å². The first kappa shape index (κ1) is 15.8. The van der Waals surface area contributed by atoms with E-state index in [1.54, 1.807) is 12.0 Å². The van der Waals surface area contributed by atoms with E-state index in [4.69, 9.17) is 9.47 Å². The lowest BCUT2D eigenvalue weighted by Crippen LogP contribution is -2.55. The summed E-state index contributed by atoms with van der Waals surface area (Å²) in [6.07, 6.45) is 2.16. The fourth-order valence-corrected chi connectivity index (χ4v) is 2.98. The van der Waals surface area contributed by atoms with Gasteiger partial charge in [0.25, 0.3) is 5.91 Å². The average Bonchev–Trinajstić information content (AvgIpc) is 2.52. The summed E-state index contributed by atoms with van der Waals surface area (Å²) >= 11 is 0. The zero-order chi connectivity index (χ0) is 15.5. The Labute approximate surface area is 127 Å². The maximum atomic E-state index is 12.2. The van der Waals surface area contributed by atoms with E-state index >= 15 is 0 Å². The van der Waals surface area contributed by atoms with Gasteiger partial charge >= 0.3 is 0 Å². The number of morpholine rings is 1. The number of hydrogen-bond acceptors (Lipinski definition) is 3. The van der Waals surface area contributed by atoms with E-state index in [1.807, 2.05) is 25.2 Å². The highest BCUT2D eigenvalue weighted by atomic mass is 16.5. The molecule has 0 spiro atoms. The number of ether oxygens (including phenoxy) is 2. The smallest absolute Gasteiger partial charge is 0.251 e. The summed E-state index contributed by atoms with van der Waals surface area (Å²) in [5.74, 6) is 0.902. The predicted molar refractivity (Wildman–Crippen MR) is 82.4 cm³/mol. The second kappa shape index (κ2) is 6.48. The number of rotatable bonds is 5. The standard InChI is InChI=1S/C17H25NO3/c1-5-8-15-16(19)18(3)12-17(6-2,21-15)13-9-7-10-14(11-13)20-4/h7,9-11,15H,5-6,8,12H2,1-4H3. The fourth-order valence-electron chi connectivity index (χ4n) is 2.98. The van der Waals surface area contributed by atoms with Crippen molar-refractivity contribution in [3.8, 4) is 5.75 Å². The minimum Gasteiger partial charge on any atom is -0.497 e. The second-order valence-corrected chi connectivity index (χ2v) is 5.67. The molecule has 0 N–H and O–H groups in total. The van der Waals surface area contributed by atoms with Gasteiger partial charge < -0.3 is 14.4 Å². The van der Waals surface area contributed by atoms with Crippen LogP contribution in [0, 0.1) is 0 Å². The normalized spacial score (nSPS) is 26.0. The lowest BCUT2D eigenvalue weighted by molar-refractivity contribution is -0.185. The van der Waals surface area contributed by atoms with Crippen molar-refractivity contribution in [2.75, 3.05) is 20.7 Å². The molecule has 1 amide bonds. The lowest BCUT2D eigenvalue weighted by Gasteiger charge is -2.45. The highest BCUT2D eigenvalue weighted by Crippen LogP contribution is 2.37. The quantitative estimate of drug-likeness (QED) is 0.837. The molecule has 1 heterocycles. The van der Waals surface area contributed by atoms with Gasteiger partial charge in [0.1, 0.15) is 17.5 Å². The summed E-state index contributed by atoms with van der Waals surface area (Å²) in [6.45, 7) is 4.76. The molecule has 1 aliphatic heterocycles. The Hall–Kier alpha value is -1.55. The minimum absolute atomic E-state index is 0.0869. The van der Waals surface area contributed by atoms with Crippen LogP contribution in [0.2, 0.25) is 0 Å². The predicted octanol–water partition coefficient (Wildman–Crippen LogP) is 2.96. The van der Waals surface area contributed by atoms with Gasteiger partial charge in [0.2, 0.25) is 0 Å². The van der Waals surface area contributed by atoms with Gasteiger partial charge in [-0.25, -0.2) is 0 Å². The first-order chi connectivity index (χ1) is 10.1. The van der Waals surface area contributed by atoms with Crippen LogP contribution in [0.4, 0.5) is 0 Å². The maximum Gasteiger partial charge on any atom is 0.251 e. The molecule has 2 atom stereocenters. The number of amides is 1. The van der Waals surface area contributed by atoms with Crippen LogP contribution in [0.15, 0.2) is 24.3 Å². The van der Waals surface area contributed by atoms with Crippen molar-refractivity contribution in [2.45, 2.75) is 44.8 Å². The van der Waals surface area contributed by atoms with Crippen molar-refractivity contribution in [1.29, 1.82) is 0 Å². The minimum atomic E-state index is -0.447. The summed E-state index contributed by atoms with van der Waals surface area (Å²) < 4.78 is 11.6. The molecule has 0 aliphatic carbocycles. The number of methoxy groups -OCH3 is 1. The summed E-state index contributed by atoms with van der Waals surface area (Å²) in [7, 11) is 3.52. The van der Waals surface area contributed by atoms with Crippen LogP contribution in [-0.2, 0) is 15.1 Å². The summed E-state index contributed by atoms with van der Waals surface area (Å²) in [6, 6.07) is 7.96. The molecule has 0 aromatic heterocycles. The maximum absolute atomic E-state index is 12.2. The third-order valence-corrected chi connectivity index (χ3v) is 4.23.